The lowest BCUT2D eigenvalue weighted by molar-refractivity contribution is 0.579. The highest BCUT2D eigenvalue weighted by molar-refractivity contribution is 7.86. The molecule has 0 bridgehead atoms. The summed E-state index contributed by atoms with van der Waals surface area (Å²) < 4.78 is 13.5. The zero-order valence-electron chi connectivity index (χ0n) is 11.6. The summed E-state index contributed by atoms with van der Waals surface area (Å²) in [6, 6.07) is 9.80. The Morgan fingerprint density at radius 1 is 1.25 bits per heavy atom. The normalized spacial score (nSPS) is 21.9. The van der Waals surface area contributed by atoms with Gasteiger partial charge in [-0.2, -0.15) is 4.68 Å². The molecule has 7 heteroatoms. The Hall–Kier alpha value is -1.76. The van der Waals surface area contributed by atoms with Crippen LogP contribution in [0, 0.1) is 0 Å². The molecule has 1 atom stereocenters. The van der Waals surface area contributed by atoms with Crippen molar-refractivity contribution in [2.75, 3.05) is 23.7 Å². The third-order valence-electron chi connectivity index (χ3n) is 3.47. The molecule has 1 aliphatic rings. The van der Waals surface area contributed by atoms with Crippen molar-refractivity contribution in [1.82, 2.24) is 20.2 Å². The van der Waals surface area contributed by atoms with Gasteiger partial charge in [0.25, 0.3) is 0 Å². The number of hydrogen-bond donors (Lipinski definition) is 0. The number of rotatable bonds is 2. The van der Waals surface area contributed by atoms with Gasteiger partial charge in [0, 0.05) is 29.6 Å². The van der Waals surface area contributed by atoms with Gasteiger partial charge < -0.3 is 4.90 Å². The molecule has 6 nitrogen and oxygen atoms in total. The SMILES string of the molecule is CC1(C)CN(c2nnnn2-c2ccccc2)CC[S@]1=O. The molecule has 1 aromatic heterocycles. The third kappa shape index (κ3) is 2.33. The van der Waals surface area contributed by atoms with Crippen LogP contribution in [-0.4, -0.2) is 48.0 Å². The number of tetrazole rings is 1. The second-order valence-electron chi connectivity index (χ2n) is 5.46. The smallest absolute Gasteiger partial charge is 0.250 e. The quantitative estimate of drug-likeness (QED) is 0.826. The van der Waals surface area contributed by atoms with Gasteiger partial charge in [0.1, 0.15) is 0 Å². The summed E-state index contributed by atoms with van der Waals surface area (Å²) in [7, 11) is -0.803. The molecule has 3 rings (SSSR count). The van der Waals surface area contributed by atoms with Crippen LogP contribution in [0.15, 0.2) is 30.3 Å². The van der Waals surface area contributed by atoms with E-state index >= 15 is 0 Å². The highest BCUT2D eigenvalue weighted by Gasteiger charge is 2.35. The Labute approximate surface area is 120 Å². The fourth-order valence-electron chi connectivity index (χ4n) is 2.37. The van der Waals surface area contributed by atoms with Crippen molar-refractivity contribution in [3.05, 3.63) is 30.3 Å². The molecule has 106 valence electrons. The molecule has 0 amide bonds. The van der Waals surface area contributed by atoms with E-state index < -0.39 is 10.8 Å². The maximum Gasteiger partial charge on any atom is 0.250 e. The summed E-state index contributed by atoms with van der Waals surface area (Å²) >= 11 is 0. The average Bonchev–Trinajstić information content (AvgIpc) is 2.92. The average molecular weight is 291 g/mol. The van der Waals surface area contributed by atoms with Crippen molar-refractivity contribution in [2.45, 2.75) is 18.6 Å². The molecular formula is C13H17N5OS. The van der Waals surface area contributed by atoms with E-state index in [0.29, 0.717) is 24.8 Å². The molecule has 0 N–H and O–H groups in total. The van der Waals surface area contributed by atoms with Crippen molar-refractivity contribution in [1.29, 1.82) is 0 Å². The van der Waals surface area contributed by atoms with Crippen LogP contribution in [0.25, 0.3) is 5.69 Å². The van der Waals surface area contributed by atoms with Gasteiger partial charge in [0.15, 0.2) is 0 Å². The molecule has 0 spiro atoms. The van der Waals surface area contributed by atoms with E-state index in [-0.39, 0.29) is 4.75 Å². The van der Waals surface area contributed by atoms with Gasteiger partial charge in [0.05, 0.1) is 10.4 Å². The zero-order chi connectivity index (χ0) is 14.2. The fourth-order valence-corrected chi connectivity index (χ4v) is 3.61. The summed E-state index contributed by atoms with van der Waals surface area (Å²) in [6.45, 7) is 5.44. The van der Waals surface area contributed by atoms with Gasteiger partial charge in [-0.1, -0.05) is 23.3 Å². The molecule has 0 radical (unpaired) electrons. The number of para-hydroxylation sites is 1. The molecule has 2 aromatic rings. The van der Waals surface area contributed by atoms with Gasteiger partial charge >= 0.3 is 0 Å². The number of aromatic nitrogens is 4. The van der Waals surface area contributed by atoms with Crippen LogP contribution < -0.4 is 4.90 Å². The van der Waals surface area contributed by atoms with E-state index in [9.17, 15) is 4.21 Å². The molecule has 1 aliphatic heterocycles. The number of nitrogens with zero attached hydrogens (tertiary/aromatic N) is 5. The lowest BCUT2D eigenvalue weighted by Crippen LogP contribution is -2.50. The Kier molecular flexibility index (Phi) is 3.29. The van der Waals surface area contributed by atoms with Crippen molar-refractivity contribution >= 4 is 16.7 Å². The van der Waals surface area contributed by atoms with Crippen molar-refractivity contribution in [3.63, 3.8) is 0 Å². The molecule has 1 saturated heterocycles. The van der Waals surface area contributed by atoms with E-state index in [1.807, 2.05) is 44.2 Å². The van der Waals surface area contributed by atoms with Crippen molar-refractivity contribution in [3.8, 4) is 5.69 Å². The van der Waals surface area contributed by atoms with E-state index in [0.717, 1.165) is 5.69 Å². The largest absolute Gasteiger partial charge is 0.337 e. The van der Waals surface area contributed by atoms with Crippen molar-refractivity contribution < 1.29 is 4.21 Å². The summed E-state index contributed by atoms with van der Waals surface area (Å²) in [5.41, 5.74) is 0.928. The minimum Gasteiger partial charge on any atom is -0.337 e. The molecular weight excluding hydrogens is 274 g/mol. The monoisotopic (exact) mass is 291 g/mol. The van der Waals surface area contributed by atoms with Gasteiger partial charge in [0.2, 0.25) is 5.95 Å². The van der Waals surface area contributed by atoms with Crippen LogP contribution in [0.2, 0.25) is 0 Å². The van der Waals surface area contributed by atoms with Gasteiger partial charge in [-0.15, -0.1) is 0 Å². The molecule has 1 aromatic carbocycles. The first-order chi connectivity index (χ1) is 9.58. The van der Waals surface area contributed by atoms with E-state index in [2.05, 4.69) is 20.4 Å². The number of benzene rings is 1. The molecule has 1 fully saturated rings. The second kappa shape index (κ2) is 4.97. The van der Waals surface area contributed by atoms with Crippen LogP contribution >= 0.6 is 0 Å². The van der Waals surface area contributed by atoms with Crippen molar-refractivity contribution in [2.24, 2.45) is 0 Å². The van der Waals surface area contributed by atoms with E-state index in [4.69, 9.17) is 0 Å². The number of anilines is 1. The predicted octanol–water partition coefficient (Wildman–Crippen LogP) is 1.01. The lowest BCUT2D eigenvalue weighted by atomic mass is 10.2. The Morgan fingerprint density at radius 3 is 2.70 bits per heavy atom. The minimum absolute atomic E-state index is 0.244. The predicted molar refractivity (Wildman–Crippen MR) is 78.5 cm³/mol. The fraction of sp³-hybridized carbons (Fsp3) is 0.462. The Balaban J connectivity index is 1.93. The second-order valence-corrected chi connectivity index (χ2v) is 7.66. The first-order valence-corrected chi connectivity index (χ1v) is 7.87. The standard InChI is InChI=1S/C13H17N5OS/c1-13(2)10-17(8-9-20(13)19)12-14-15-16-18(12)11-6-4-3-5-7-11/h3-7H,8-10H2,1-2H3/t20-/m1/s1. The maximum absolute atomic E-state index is 12.0. The van der Waals surface area contributed by atoms with Crippen LogP contribution in [0.5, 0.6) is 0 Å². The highest BCUT2D eigenvalue weighted by atomic mass is 32.2. The first-order valence-electron chi connectivity index (χ1n) is 6.55. The summed E-state index contributed by atoms with van der Waals surface area (Å²) in [5.74, 6) is 1.36. The number of hydrogen-bond acceptors (Lipinski definition) is 5. The van der Waals surface area contributed by atoms with Crippen LogP contribution in [0.1, 0.15) is 13.8 Å². The Bertz CT molecular complexity index is 625. The van der Waals surface area contributed by atoms with Crippen LogP contribution in [0.4, 0.5) is 5.95 Å². The van der Waals surface area contributed by atoms with Crippen LogP contribution in [0.3, 0.4) is 0 Å². The van der Waals surface area contributed by atoms with E-state index in [1.165, 1.54) is 0 Å². The Morgan fingerprint density at radius 2 is 2.00 bits per heavy atom. The third-order valence-corrected chi connectivity index (χ3v) is 5.39. The molecule has 0 unspecified atom stereocenters. The topological polar surface area (TPSA) is 63.9 Å². The molecule has 0 aliphatic carbocycles. The summed E-state index contributed by atoms with van der Waals surface area (Å²) in [5, 5.41) is 12.0. The highest BCUT2D eigenvalue weighted by Crippen LogP contribution is 2.24. The maximum atomic E-state index is 12.0. The van der Waals surface area contributed by atoms with Gasteiger partial charge in [-0.25, -0.2) is 0 Å². The molecule has 0 saturated carbocycles. The van der Waals surface area contributed by atoms with E-state index in [1.54, 1.807) is 4.68 Å². The first kappa shape index (κ1) is 13.2. The molecule has 20 heavy (non-hydrogen) atoms. The zero-order valence-corrected chi connectivity index (χ0v) is 12.4. The van der Waals surface area contributed by atoms with Gasteiger partial charge in [-0.3, -0.25) is 4.21 Å². The summed E-state index contributed by atoms with van der Waals surface area (Å²) in [6.07, 6.45) is 0. The summed E-state index contributed by atoms with van der Waals surface area (Å²) in [4.78, 5) is 2.11. The van der Waals surface area contributed by atoms with Crippen LogP contribution in [-0.2, 0) is 10.8 Å². The lowest BCUT2D eigenvalue weighted by Gasteiger charge is -2.37. The molecule has 2 heterocycles. The minimum atomic E-state index is -0.803. The van der Waals surface area contributed by atoms with Gasteiger partial charge in [-0.05, 0) is 36.4 Å².